The molecule has 122 valence electrons. The molecule has 2 heterocycles. The predicted molar refractivity (Wildman–Crippen MR) is 85.5 cm³/mol. The molecule has 1 amide bonds. The molecule has 1 aromatic carbocycles. The molecule has 23 heavy (non-hydrogen) atoms. The van der Waals surface area contributed by atoms with Gasteiger partial charge in [0.25, 0.3) is 11.9 Å². The van der Waals surface area contributed by atoms with Crippen molar-refractivity contribution in [1.29, 1.82) is 0 Å². The second kappa shape index (κ2) is 5.42. The maximum atomic E-state index is 12.6. The molecule has 0 bridgehead atoms. The van der Waals surface area contributed by atoms with Crippen LogP contribution < -0.4 is 4.74 Å². The summed E-state index contributed by atoms with van der Waals surface area (Å²) in [7, 11) is 0. The third kappa shape index (κ3) is 2.97. The number of likely N-dealkylation sites (tertiary alicyclic amines) is 1. The summed E-state index contributed by atoms with van der Waals surface area (Å²) >= 11 is 0. The van der Waals surface area contributed by atoms with Crippen LogP contribution in [0.4, 0.5) is 0 Å². The van der Waals surface area contributed by atoms with E-state index in [2.05, 4.69) is 0 Å². The van der Waals surface area contributed by atoms with Gasteiger partial charge in [-0.05, 0) is 25.1 Å². The molecule has 3 rings (SSSR count). The van der Waals surface area contributed by atoms with Gasteiger partial charge in [0.1, 0.15) is 5.75 Å². The maximum absolute atomic E-state index is 12.6. The number of benzene rings is 1. The molecule has 1 saturated heterocycles. The van der Waals surface area contributed by atoms with E-state index in [0.717, 1.165) is 0 Å². The van der Waals surface area contributed by atoms with Gasteiger partial charge in [0, 0.05) is 18.0 Å². The summed E-state index contributed by atoms with van der Waals surface area (Å²) in [6, 6.07) is 12.5. The highest BCUT2D eigenvalue weighted by Gasteiger charge is 2.49. The van der Waals surface area contributed by atoms with Crippen molar-refractivity contribution in [1.82, 2.24) is 4.90 Å². The number of aliphatic hydroxyl groups is 1. The first-order valence-corrected chi connectivity index (χ1v) is 7.63. The molecule has 5 heteroatoms. The monoisotopic (exact) mass is 315 g/mol. The first-order valence-electron chi connectivity index (χ1n) is 7.63. The van der Waals surface area contributed by atoms with Crippen LogP contribution in [-0.4, -0.2) is 34.6 Å². The Morgan fingerprint density at radius 1 is 1.13 bits per heavy atom. The minimum atomic E-state index is -0.918. The largest absolute Gasteiger partial charge is 0.426 e. The third-order valence-corrected chi connectivity index (χ3v) is 4.58. The Hall–Kier alpha value is -2.27. The number of amides is 1. The number of carbonyl (C=O) groups is 1. The molecule has 1 aromatic heterocycles. The van der Waals surface area contributed by atoms with Crippen LogP contribution in [0.5, 0.6) is 11.7 Å². The molecular weight excluding hydrogens is 294 g/mol. The van der Waals surface area contributed by atoms with Crippen LogP contribution in [0.3, 0.4) is 0 Å². The fourth-order valence-electron chi connectivity index (χ4n) is 2.68. The van der Waals surface area contributed by atoms with E-state index in [0.29, 0.717) is 12.3 Å². The number of rotatable bonds is 3. The zero-order valence-corrected chi connectivity index (χ0v) is 13.6. The van der Waals surface area contributed by atoms with Gasteiger partial charge in [-0.15, -0.1) is 0 Å². The lowest BCUT2D eigenvalue weighted by Crippen LogP contribution is -2.40. The first kappa shape index (κ1) is 15.6. The molecule has 1 N–H and O–H groups in total. The minimum Gasteiger partial charge on any atom is -0.426 e. The second-order valence-corrected chi connectivity index (χ2v) is 6.85. The van der Waals surface area contributed by atoms with Crippen LogP contribution in [0.25, 0.3) is 0 Å². The van der Waals surface area contributed by atoms with Crippen molar-refractivity contribution in [2.45, 2.75) is 26.4 Å². The van der Waals surface area contributed by atoms with Crippen molar-refractivity contribution in [3.05, 3.63) is 48.2 Å². The lowest BCUT2D eigenvalue weighted by atomic mass is 9.79. The zero-order chi connectivity index (χ0) is 16.7. The van der Waals surface area contributed by atoms with Gasteiger partial charge in [0.15, 0.2) is 5.76 Å². The zero-order valence-electron chi connectivity index (χ0n) is 13.6. The summed E-state index contributed by atoms with van der Waals surface area (Å²) < 4.78 is 11.1. The summed E-state index contributed by atoms with van der Waals surface area (Å²) in [6.07, 6.45) is 0. The van der Waals surface area contributed by atoms with Crippen LogP contribution >= 0.6 is 0 Å². The number of furan rings is 1. The highest BCUT2D eigenvalue weighted by Crippen LogP contribution is 2.39. The summed E-state index contributed by atoms with van der Waals surface area (Å²) in [4.78, 5) is 14.2. The van der Waals surface area contributed by atoms with E-state index in [1.165, 1.54) is 0 Å². The molecule has 0 aliphatic carbocycles. The van der Waals surface area contributed by atoms with Crippen molar-refractivity contribution in [3.8, 4) is 11.7 Å². The van der Waals surface area contributed by atoms with E-state index in [9.17, 15) is 9.90 Å². The number of β-amino-alcohol motifs (C(OH)–C–C–N with tert-alkyl or cyclic N) is 1. The Balaban J connectivity index is 1.72. The number of hydrogen-bond acceptors (Lipinski definition) is 4. The molecule has 5 nitrogen and oxygen atoms in total. The van der Waals surface area contributed by atoms with Crippen LogP contribution in [0.1, 0.15) is 31.3 Å². The van der Waals surface area contributed by atoms with Gasteiger partial charge in [0.05, 0.1) is 12.1 Å². The van der Waals surface area contributed by atoms with Crippen LogP contribution in [0, 0.1) is 5.41 Å². The number of carbonyl (C=O) groups excluding carboxylic acids is 1. The Morgan fingerprint density at radius 2 is 1.83 bits per heavy atom. The SMILES string of the molecule is CC1(C)CN(C(=O)c2ccc(Oc3ccccc3)o2)C[C@]1(C)O. The standard InChI is InChI=1S/C18H21NO4/c1-17(2)11-19(12-18(17,3)21)16(20)14-9-10-15(23-14)22-13-7-5-4-6-8-13/h4-10,21H,11-12H2,1-3H3/t18-/m0/s1. The quantitative estimate of drug-likeness (QED) is 0.944. The van der Waals surface area contributed by atoms with Crippen LogP contribution in [-0.2, 0) is 0 Å². The smallest absolute Gasteiger partial charge is 0.290 e. The molecule has 2 aromatic rings. The Kier molecular flexibility index (Phi) is 3.68. The van der Waals surface area contributed by atoms with E-state index in [1.54, 1.807) is 24.0 Å². The van der Waals surface area contributed by atoms with Crippen molar-refractivity contribution in [3.63, 3.8) is 0 Å². The highest BCUT2D eigenvalue weighted by molar-refractivity contribution is 5.92. The van der Waals surface area contributed by atoms with Crippen molar-refractivity contribution in [2.24, 2.45) is 5.41 Å². The number of hydrogen-bond donors (Lipinski definition) is 1. The summed E-state index contributed by atoms with van der Waals surface area (Å²) in [6.45, 7) is 6.42. The second-order valence-electron chi connectivity index (χ2n) is 6.85. The summed E-state index contributed by atoms with van der Waals surface area (Å²) in [5.41, 5.74) is -1.28. The van der Waals surface area contributed by atoms with Crippen LogP contribution in [0.15, 0.2) is 46.9 Å². The predicted octanol–water partition coefficient (Wildman–Crippen LogP) is 3.30. The molecular formula is C18H21NO4. The Bertz CT molecular complexity index is 687. The molecule has 1 aliphatic rings. The van der Waals surface area contributed by atoms with E-state index in [4.69, 9.17) is 9.15 Å². The van der Waals surface area contributed by atoms with Crippen LogP contribution in [0.2, 0.25) is 0 Å². The molecule has 1 fully saturated rings. The van der Waals surface area contributed by atoms with Gasteiger partial charge in [-0.3, -0.25) is 4.79 Å². The Labute approximate surface area is 135 Å². The summed E-state index contributed by atoms with van der Waals surface area (Å²) in [5, 5.41) is 10.4. The summed E-state index contributed by atoms with van der Waals surface area (Å²) in [5.74, 6) is 0.888. The van der Waals surface area contributed by atoms with Gasteiger partial charge in [0.2, 0.25) is 0 Å². The lowest BCUT2D eigenvalue weighted by molar-refractivity contribution is -0.0108. The molecule has 1 atom stereocenters. The molecule has 0 radical (unpaired) electrons. The normalized spacial score (nSPS) is 23.0. The molecule has 0 saturated carbocycles. The first-order chi connectivity index (χ1) is 10.8. The van der Waals surface area contributed by atoms with Gasteiger partial charge >= 0.3 is 0 Å². The Morgan fingerprint density at radius 3 is 2.43 bits per heavy atom. The number of ether oxygens (including phenoxy) is 1. The van der Waals surface area contributed by atoms with E-state index in [1.807, 2.05) is 44.2 Å². The maximum Gasteiger partial charge on any atom is 0.290 e. The van der Waals surface area contributed by atoms with Gasteiger partial charge in [-0.25, -0.2) is 0 Å². The third-order valence-electron chi connectivity index (χ3n) is 4.58. The number of para-hydroxylation sites is 1. The number of nitrogens with zero attached hydrogens (tertiary/aromatic N) is 1. The van der Waals surface area contributed by atoms with E-state index >= 15 is 0 Å². The van der Waals surface area contributed by atoms with Crippen molar-refractivity contribution < 1.29 is 19.1 Å². The molecule has 0 unspecified atom stereocenters. The van der Waals surface area contributed by atoms with Gasteiger partial charge < -0.3 is 19.2 Å². The molecule has 0 spiro atoms. The minimum absolute atomic E-state index is 0.212. The topological polar surface area (TPSA) is 62.9 Å². The lowest BCUT2D eigenvalue weighted by Gasteiger charge is -2.30. The average Bonchev–Trinajstić information content (AvgIpc) is 3.02. The van der Waals surface area contributed by atoms with Crippen molar-refractivity contribution >= 4 is 5.91 Å². The van der Waals surface area contributed by atoms with E-state index < -0.39 is 5.60 Å². The van der Waals surface area contributed by atoms with Crippen molar-refractivity contribution in [2.75, 3.05) is 13.1 Å². The van der Waals surface area contributed by atoms with Gasteiger partial charge in [-0.1, -0.05) is 32.0 Å². The van der Waals surface area contributed by atoms with Gasteiger partial charge in [-0.2, -0.15) is 0 Å². The van der Waals surface area contributed by atoms with E-state index in [-0.39, 0.29) is 29.6 Å². The fraction of sp³-hybridized carbons (Fsp3) is 0.389. The average molecular weight is 315 g/mol. The molecule has 1 aliphatic heterocycles. The fourth-order valence-corrected chi connectivity index (χ4v) is 2.68. The highest BCUT2D eigenvalue weighted by atomic mass is 16.6.